The summed E-state index contributed by atoms with van der Waals surface area (Å²) in [7, 11) is 1.31. The number of halogens is 1. The van der Waals surface area contributed by atoms with Crippen LogP contribution in [0.1, 0.15) is 18.6 Å². The predicted molar refractivity (Wildman–Crippen MR) is 56.6 cm³/mol. The van der Waals surface area contributed by atoms with Crippen LogP contribution >= 0.6 is 0 Å². The van der Waals surface area contributed by atoms with Gasteiger partial charge in [0.1, 0.15) is 11.7 Å². The van der Waals surface area contributed by atoms with Gasteiger partial charge in [-0.1, -0.05) is 12.1 Å². The minimum atomic E-state index is -0.531. The third-order valence-electron chi connectivity index (χ3n) is 2.50. The van der Waals surface area contributed by atoms with Crippen molar-refractivity contribution in [3.8, 4) is 0 Å². The monoisotopic (exact) mass is 222 g/mol. The molecule has 0 saturated heterocycles. The normalized spacial score (nSPS) is 12.7. The first-order valence-electron chi connectivity index (χ1n) is 4.89. The molecule has 3 nitrogen and oxygen atoms in total. The van der Waals surface area contributed by atoms with Crippen LogP contribution in [0.3, 0.4) is 0 Å². The number of esters is 1. The van der Waals surface area contributed by atoms with E-state index >= 15 is 0 Å². The molecule has 1 unspecified atom stereocenters. The van der Waals surface area contributed by atoms with E-state index in [1.807, 2.05) is 0 Å². The average molecular weight is 222 g/mol. The Morgan fingerprint density at radius 1 is 1.50 bits per heavy atom. The summed E-state index contributed by atoms with van der Waals surface area (Å²) in [4.78, 5) is 11.3. The van der Waals surface area contributed by atoms with E-state index < -0.39 is 17.7 Å². The Labute approximate surface area is 91.8 Å². The van der Waals surface area contributed by atoms with Gasteiger partial charge < -0.3 is 9.15 Å². The number of benzene rings is 1. The number of hydrogen-bond donors (Lipinski definition) is 0. The molecular formula is C12H11FO3. The third kappa shape index (κ3) is 1.66. The van der Waals surface area contributed by atoms with E-state index in [-0.39, 0.29) is 5.58 Å². The Morgan fingerprint density at radius 3 is 2.88 bits per heavy atom. The second-order valence-corrected chi connectivity index (χ2v) is 3.55. The summed E-state index contributed by atoms with van der Waals surface area (Å²) in [5, 5.41) is 0.644. The third-order valence-corrected chi connectivity index (χ3v) is 2.50. The first-order chi connectivity index (χ1) is 7.63. The van der Waals surface area contributed by atoms with Gasteiger partial charge in [-0.3, -0.25) is 4.79 Å². The van der Waals surface area contributed by atoms with Crippen molar-refractivity contribution in [3.63, 3.8) is 0 Å². The molecule has 2 aromatic rings. The summed E-state index contributed by atoms with van der Waals surface area (Å²) in [5.74, 6) is -0.955. The molecule has 0 spiro atoms. The van der Waals surface area contributed by atoms with Gasteiger partial charge in [0, 0.05) is 5.39 Å². The van der Waals surface area contributed by atoms with E-state index in [0.717, 1.165) is 0 Å². The van der Waals surface area contributed by atoms with Crippen LogP contribution in [0.25, 0.3) is 11.0 Å². The van der Waals surface area contributed by atoms with Gasteiger partial charge in [-0.15, -0.1) is 0 Å². The topological polar surface area (TPSA) is 39.4 Å². The Balaban J connectivity index is 2.47. The number of rotatable bonds is 2. The summed E-state index contributed by atoms with van der Waals surface area (Å²) < 4.78 is 23.2. The SMILES string of the molecule is COC(=O)C(C)c1cc2cccc(F)c2o1. The number of furan rings is 1. The molecule has 1 aromatic carbocycles. The number of ether oxygens (including phenoxy) is 1. The van der Waals surface area contributed by atoms with Crippen LogP contribution in [0.5, 0.6) is 0 Å². The summed E-state index contributed by atoms with van der Waals surface area (Å²) in [5.41, 5.74) is 0.174. The van der Waals surface area contributed by atoms with E-state index in [4.69, 9.17) is 4.42 Å². The lowest BCUT2D eigenvalue weighted by Crippen LogP contribution is -2.09. The molecule has 0 radical (unpaired) electrons. The fourth-order valence-electron chi connectivity index (χ4n) is 1.55. The van der Waals surface area contributed by atoms with Crippen LogP contribution in [0.15, 0.2) is 28.7 Å². The van der Waals surface area contributed by atoms with E-state index in [0.29, 0.717) is 11.1 Å². The van der Waals surface area contributed by atoms with E-state index in [9.17, 15) is 9.18 Å². The van der Waals surface area contributed by atoms with Crippen LogP contribution in [0.2, 0.25) is 0 Å². The minimum Gasteiger partial charge on any atom is -0.468 e. The largest absolute Gasteiger partial charge is 0.468 e. The van der Waals surface area contributed by atoms with Crippen molar-refractivity contribution in [2.24, 2.45) is 0 Å². The van der Waals surface area contributed by atoms with Crippen LogP contribution in [0, 0.1) is 5.82 Å². The van der Waals surface area contributed by atoms with Crippen molar-refractivity contribution in [2.75, 3.05) is 7.11 Å². The molecule has 0 N–H and O–H groups in total. The zero-order valence-corrected chi connectivity index (χ0v) is 8.99. The predicted octanol–water partition coefficient (Wildman–Crippen LogP) is 2.85. The van der Waals surface area contributed by atoms with Crippen molar-refractivity contribution in [1.29, 1.82) is 0 Å². The number of hydrogen-bond acceptors (Lipinski definition) is 3. The maximum atomic E-state index is 13.3. The van der Waals surface area contributed by atoms with Crippen molar-refractivity contribution < 1.29 is 18.3 Å². The van der Waals surface area contributed by atoms with Crippen LogP contribution in [0.4, 0.5) is 4.39 Å². The van der Waals surface area contributed by atoms with Gasteiger partial charge in [-0.05, 0) is 19.1 Å². The first-order valence-corrected chi connectivity index (χ1v) is 4.89. The highest BCUT2D eigenvalue weighted by atomic mass is 19.1. The van der Waals surface area contributed by atoms with Gasteiger partial charge in [-0.2, -0.15) is 0 Å². The summed E-state index contributed by atoms with van der Waals surface area (Å²) in [6, 6.07) is 6.30. The summed E-state index contributed by atoms with van der Waals surface area (Å²) in [6.45, 7) is 1.65. The smallest absolute Gasteiger partial charge is 0.316 e. The van der Waals surface area contributed by atoms with E-state index in [2.05, 4.69) is 4.74 Å². The molecule has 0 aliphatic carbocycles. The molecule has 0 bridgehead atoms. The Hall–Kier alpha value is -1.84. The zero-order chi connectivity index (χ0) is 11.7. The molecular weight excluding hydrogens is 211 g/mol. The van der Waals surface area contributed by atoms with E-state index in [1.165, 1.54) is 13.2 Å². The lowest BCUT2D eigenvalue weighted by molar-refractivity contribution is -0.142. The number of methoxy groups -OCH3 is 1. The molecule has 1 atom stereocenters. The highest BCUT2D eigenvalue weighted by Crippen LogP contribution is 2.27. The van der Waals surface area contributed by atoms with E-state index in [1.54, 1.807) is 25.1 Å². The van der Waals surface area contributed by atoms with Crippen LogP contribution < -0.4 is 0 Å². The maximum absolute atomic E-state index is 13.3. The number of para-hydroxylation sites is 1. The molecule has 16 heavy (non-hydrogen) atoms. The van der Waals surface area contributed by atoms with Crippen molar-refractivity contribution in [2.45, 2.75) is 12.8 Å². The molecule has 0 aliphatic heterocycles. The van der Waals surface area contributed by atoms with Gasteiger partial charge in [-0.25, -0.2) is 4.39 Å². The van der Waals surface area contributed by atoms with Gasteiger partial charge in [0.25, 0.3) is 0 Å². The standard InChI is InChI=1S/C12H11FO3/c1-7(12(14)15-2)10-6-8-4-3-5-9(13)11(8)16-10/h3-7H,1-2H3. The Bertz CT molecular complexity index is 530. The van der Waals surface area contributed by atoms with Crippen molar-refractivity contribution in [3.05, 3.63) is 35.8 Å². The average Bonchev–Trinajstić information content (AvgIpc) is 2.72. The molecule has 2 rings (SSSR count). The summed E-state index contributed by atoms with van der Waals surface area (Å²) in [6.07, 6.45) is 0. The molecule has 84 valence electrons. The molecule has 0 fully saturated rings. The van der Waals surface area contributed by atoms with Crippen molar-refractivity contribution in [1.82, 2.24) is 0 Å². The molecule has 0 aliphatic rings. The fraction of sp³-hybridized carbons (Fsp3) is 0.250. The lowest BCUT2D eigenvalue weighted by atomic mass is 10.1. The number of carbonyl (C=O) groups excluding carboxylic acids is 1. The molecule has 1 heterocycles. The number of fused-ring (bicyclic) bond motifs is 1. The van der Waals surface area contributed by atoms with Gasteiger partial charge in [0.15, 0.2) is 11.4 Å². The van der Waals surface area contributed by atoms with Gasteiger partial charge in [0.05, 0.1) is 7.11 Å². The highest BCUT2D eigenvalue weighted by molar-refractivity contribution is 5.82. The minimum absolute atomic E-state index is 0.174. The second-order valence-electron chi connectivity index (χ2n) is 3.55. The maximum Gasteiger partial charge on any atom is 0.316 e. The zero-order valence-electron chi connectivity index (χ0n) is 8.99. The first kappa shape index (κ1) is 10.7. The lowest BCUT2D eigenvalue weighted by Gasteiger charge is -2.04. The van der Waals surface area contributed by atoms with Gasteiger partial charge in [0.2, 0.25) is 0 Å². The number of carbonyl (C=O) groups is 1. The summed E-state index contributed by atoms with van der Waals surface area (Å²) >= 11 is 0. The fourth-order valence-corrected chi connectivity index (χ4v) is 1.55. The molecule has 0 saturated carbocycles. The van der Waals surface area contributed by atoms with Gasteiger partial charge >= 0.3 is 5.97 Å². The Kier molecular flexibility index (Phi) is 2.64. The Morgan fingerprint density at radius 2 is 2.25 bits per heavy atom. The van der Waals surface area contributed by atoms with Crippen LogP contribution in [-0.2, 0) is 9.53 Å². The molecule has 0 amide bonds. The second kappa shape index (κ2) is 3.96. The highest BCUT2D eigenvalue weighted by Gasteiger charge is 2.20. The van der Waals surface area contributed by atoms with Crippen molar-refractivity contribution >= 4 is 16.9 Å². The molecule has 4 heteroatoms. The quantitative estimate of drug-likeness (QED) is 0.733. The molecule has 1 aromatic heterocycles. The van der Waals surface area contributed by atoms with Crippen LogP contribution in [-0.4, -0.2) is 13.1 Å².